The molecule has 1 aromatic rings. The van der Waals surface area contributed by atoms with Crippen LogP contribution in [0.3, 0.4) is 0 Å². The zero-order valence-electron chi connectivity index (χ0n) is 18.2. The number of anilines is 1. The lowest BCUT2D eigenvalue weighted by Crippen LogP contribution is -2.48. The van der Waals surface area contributed by atoms with E-state index in [0.29, 0.717) is 5.56 Å². The maximum absolute atomic E-state index is 12.5. The van der Waals surface area contributed by atoms with E-state index in [1.807, 2.05) is 0 Å². The van der Waals surface area contributed by atoms with Gasteiger partial charge in [0.1, 0.15) is 9.88 Å². The van der Waals surface area contributed by atoms with Gasteiger partial charge in [0.2, 0.25) is 0 Å². The SMILES string of the molecule is CCOC(=O)c1sc(NC(=O)NC(C)(C)OOC(C)(C)C)c(C(=O)OCC)c1C. The van der Waals surface area contributed by atoms with Crippen LogP contribution in [0.1, 0.15) is 74.1 Å². The highest BCUT2D eigenvalue weighted by molar-refractivity contribution is 7.18. The molecule has 1 rings (SSSR count). The Hall–Kier alpha value is -2.17. The van der Waals surface area contributed by atoms with Crippen molar-refractivity contribution < 1.29 is 33.6 Å². The van der Waals surface area contributed by atoms with Gasteiger partial charge in [0.25, 0.3) is 0 Å². The number of carbonyl (C=O) groups excluding carboxylic acids is 3. The highest BCUT2D eigenvalue weighted by atomic mass is 32.1. The van der Waals surface area contributed by atoms with E-state index in [9.17, 15) is 14.4 Å². The number of rotatable bonds is 8. The van der Waals surface area contributed by atoms with Crippen molar-refractivity contribution in [1.29, 1.82) is 0 Å². The molecule has 1 heterocycles. The number of nitrogens with one attached hydrogen (secondary N) is 2. The van der Waals surface area contributed by atoms with Crippen molar-refractivity contribution in [1.82, 2.24) is 5.32 Å². The Kier molecular flexibility index (Phi) is 8.61. The van der Waals surface area contributed by atoms with Crippen molar-refractivity contribution >= 4 is 34.3 Å². The molecule has 9 nitrogen and oxygen atoms in total. The first-order valence-corrected chi connectivity index (χ1v) is 10.1. The fourth-order valence-electron chi connectivity index (χ4n) is 2.10. The van der Waals surface area contributed by atoms with E-state index in [1.54, 1.807) is 55.4 Å². The molecule has 0 aliphatic heterocycles. The molecular formula is C19H30N2O7S. The lowest BCUT2D eigenvalue weighted by Gasteiger charge is -2.29. The molecule has 0 saturated carbocycles. The summed E-state index contributed by atoms with van der Waals surface area (Å²) in [6.45, 7) is 13.9. The molecular weight excluding hydrogens is 400 g/mol. The molecule has 164 valence electrons. The number of urea groups is 1. The third-order valence-corrected chi connectivity index (χ3v) is 4.42. The van der Waals surface area contributed by atoms with Crippen molar-refractivity contribution in [3.8, 4) is 0 Å². The van der Waals surface area contributed by atoms with Gasteiger partial charge in [-0.15, -0.1) is 11.3 Å². The van der Waals surface area contributed by atoms with Crippen LogP contribution in [0.5, 0.6) is 0 Å². The Morgan fingerprint density at radius 2 is 1.48 bits per heavy atom. The zero-order valence-corrected chi connectivity index (χ0v) is 19.0. The van der Waals surface area contributed by atoms with Crippen molar-refractivity contribution in [3.63, 3.8) is 0 Å². The first-order chi connectivity index (χ1) is 13.3. The molecule has 2 amide bonds. The zero-order chi connectivity index (χ0) is 22.4. The molecule has 0 spiro atoms. The second-order valence-electron chi connectivity index (χ2n) is 7.57. The maximum atomic E-state index is 12.5. The average molecular weight is 431 g/mol. The van der Waals surface area contributed by atoms with E-state index >= 15 is 0 Å². The Morgan fingerprint density at radius 1 is 0.931 bits per heavy atom. The summed E-state index contributed by atoms with van der Waals surface area (Å²) in [7, 11) is 0. The number of esters is 2. The molecule has 2 N–H and O–H groups in total. The van der Waals surface area contributed by atoms with Gasteiger partial charge >= 0.3 is 18.0 Å². The second kappa shape index (κ2) is 10.0. The Bertz CT molecular complexity index is 750. The standard InChI is InChI=1S/C19H30N2O7S/c1-9-25-15(22)12-11(3)13(16(23)26-10-2)29-14(12)20-17(24)21-19(7,8)28-27-18(4,5)6/h9-10H2,1-8H3,(H2,20,21,24). The maximum Gasteiger partial charge on any atom is 0.348 e. The predicted molar refractivity (Wildman–Crippen MR) is 109 cm³/mol. The Morgan fingerprint density at radius 3 is 2.00 bits per heavy atom. The summed E-state index contributed by atoms with van der Waals surface area (Å²) in [5.74, 6) is -1.21. The minimum Gasteiger partial charge on any atom is -0.462 e. The fraction of sp³-hybridized carbons (Fsp3) is 0.632. The van der Waals surface area contributed by atoms with E-state index in [4.69, 9.17) is 19.2 Å². The Labute approximate surface area is 175 Å². The van der Waals surface area contributed by atoms with Gasteiger partial charge in [0.05, 0.1) is 24.4 Å². The van der Waals surface area contributed by atoms with Crippen molar-refractivity contribution in [2.75, 3.05) is 18.5 Å². The van der Waals surface area contributed by atoms with Gasteiger partial charge in [-0.1, -0.05) is 0 Å². The molecule has 0 bridgehead atoms. The van der Waals surface area contributed by atoms with Crippen LogP contribution >= 0.6 is 11.3 Å². The van der Waals surface area contributed by atoms with E-state index < -0.39 is 29.3 Å². The van der Waals surface area contributed by atoms with Gasteiger partial charge in [-0.05, 0) is 61.0 Å². The summed E-state index contributed by atoms with van der Waals surface area (Å²) >= 11 is 0.941. The fourth-order valence-corrected chi connectivity index (χ4v) is 3.18. The summed E-state index contributed by atoms with van der Waals surface area (Å²) in [5.41, 5.74) is -1.22. The number of hydrogen-bond donors (Lipinski definition) is 2. The summed E-state index contributed by atoms with van der Waals surface area (Å²) in [5, 5.41) is 5.36. The lowest BCUT2D eigenvalue weighted by molar-refractivity contribution is -0.400. The third kappa shape index (κ3) is 7.64. The van der Waals surface area contributed by atoms with Gasteiger partial charge < -0.3 is 14.8 Å². The van der Waals surface area contributed by atoms with Crippen LogP contribution < -0.4 is 10.6 Å². The van der Waals surface area contributed by atoms with Crippen LogP contribution in [0.2, 0.25) is 0 Å². The number of ether oxygens (including phenoxy) is 2. The minimum atomic E-state index is -1.16. The summed E-state index contributed by atoms with van der Waals surface area (Å²) in [6.07, 6.45) is 0. The van der Waals surface area contributed by atoms with Crippen molar-refractivity contribution in [3.05, 3.63) is 16.0 Å². The molecule has 0 fully saturated rings. The second-order valence-corrected chi connectivity index (χ2v) is 8.59. The molecule has 0 radical (unpaired) electrons. The molecule has 1 aromatic heterocycles. The van der Waals surface area contributed by atoms with Crippen LogP contribution in [0.15, 0.2) is 0 Å². The number of carbonyl (C=O) groups is 3. The topological polar surface area (TPSA) is 112 Å². The number of hydrogen-bond acceptors (Lipinski definition) is 8. The molecule has 29 heavy (non-hydrogen) atoms. The van der Waals surface area contributed by atoms with E-state index in [0.717, 1.165) is 11.3 Å². The minimum absolute atomic E-state index is 0.111. The first kappa shape index (κ1) is 24.9. The molecule has 0 aliphatic carbocycles. The molecule has 0 saturated heterocycles. The van der Waals surface area contributed by atoms with Crippen LogP contribution in [0.25, 0.3) is 0 Å². The van der Waals surface area contributed by atoms with E-state index in [2.05, 4.69) is 10.6 Å². The molecule has 0 aliphatic rings. The monoisotopic (exact) mass is 430 g/mol. The largest absolute Gasteiger partial charge is 0.462 e. The third-order valence-electron chi connectivity index (χ3n) is 3.23. The van der Waals surface area contributed by atoms with Gasteiger partial charge in [0.15, 0.2) is 5.72 Å². The molecule has 10 heteroatoms. The van der Waals surface area contributed by atoms with Crippen molar-refractivity contribution in [2.24, 2.45) is 0 Å². The molecule has 0 aromatic carbocycles. The van der Waals surface area contributed by atoms with Crippen LogP contribution in [0.4, 0.5) is 9.80 Å². The van der Waals surface area contributed by atoms with Gasteiger partial charge in [0, 0.05) is 0 Å². The number of thiophene rings is 1. The first-order valence-electron chi connectivity index (χ1n) is 9.25. The summed E-state index contributed by atoms with van der Waals surface area (Å²) < 4.78 is 10.1. The highest BCUT2D eigenvalue weighted by Crippen LogP contribution is 2.34. The van der Waals surface area contributed by atoms with Crippen LogP contribution in [-0.2, 0) is 19.2 Å². The highest BCUT2D eigenvalue weighted by Gasteiger charge is 2.30. The van der Waals surface area contributed by atoms with E-state index in [1.165, 1.54) is 0 Å². The predicted octanol–water partition coefficient (Wildman–Crippen LogP) is 4.01. The quantitative estimate of drug-likeness (QED) is 0.277. The normalized spacial score (nSPS) is 11.7. The lowest BCUT2D eigenvalue weighted by atomic mass is 10.1. The average Bonchev–Trinajstić information content (AvgIpc) is 2.88. The summed E-state index contributed by atoms with van der Waals surface area (Å²) in [4.78, 5) is 47.8. The van der Waals surface area contributed by atoms with Crippen molar-refractivity contribution in [2.45, 2.75) is 66.7 Å². The van der Waals surface area contributed by atoms with Gasteiger partial charge in [-0.25, -0.2) is 24.2 Å². The molecule has 0 atom stereocenters. The smallest absolute Gasteiger partial charge is 0.348 e. The van der Waals surface area contributed by atoms with Crippen LogP contribution in [-0.4, -0.2) is 42.5 Å². The Balaban J connectivity index is 3.06. The summed E-state index contributed by atoms with van der Waals surface area (Å²) in [6, 6.07) is -0.644. The van der Waals surface area contributed by atoms with Crippen LogP contribution in [0, 0.1) is 6.92 Å². The molecule has 0 unspecified atom stereocenters. The van der Waals surface area contributed by atoms with Gasteiger partial charge in [-0.3, -0.25) is 5.32 Å². The van der Waals surface area contributed by atoms with E-state index in [-0.39, 0.29) is 28.7 Å². The van der Waals surface area contributed by atoms with Gasteiger partial charge in [-0.2, -0.15) is 0 Å². The number of amides is 2.